The lowest BCUT2D eigenvalue weighted by atomic mass is 9.51. The van der Waals surface area contributed by atoms with Crippen molar-refractivity contribution in [1.29, 1.82) is 0 Å². The van der Waals surface area contributed by atoms with E-state index in [1.54, 1.807) is 5.57 Å². The Bertz CT molecular complexity index is 520. The van der Waals surface area contributed by atoms with Gasteiger partial charge < -0.3 is 10.2 Å². The fourth-order valence-corrected chi connectivity index (χ4v) is 5.96. The summed E-state index contributed by atoms with van der Waals surface area (Å²) < 4.78 is 0. The molecule has 2 heteroatoms. The third-order valence-corrected chi connectivity index (χ3v) is 7.49. The molecule has 0 aliphatic heterocycles. The van der Waals surface area contributed by atoms with Crippen LogP contribution in [0.2, 0.25) is 0 Å². The van der Waals surface area contributed by atoms with Crippen molar-refractivity contribution in [2.24, 2.45) is 22.7 Å². The van der Waals surface area contributed by atoms with Crippen molar-refractivity contribution in [3.8, 4) is 0 Å². The molecule has 0 radical (unpaired) electrons. The molecule has 3 fully saturated rings. The van der Waals surface area contributed by atoms with Crippen LogP contribution in [0.3, 0.4) is 0 Å². The Morgan fingerprint density at radius 2 is 1.76 bits per heavy atom. The molecule has 3 saturated carbocycles. The molecule has 0 aromatic rings. The quantitative estimate of drug-likeness (QED) is 0.715. The van der Waals surface area contributed by atoms with Gasteiger partial charge in [-0.1, -0.05) is 37.1 Å². The van der Waals surface area contributed by atoms with Crippen LogP contribution in [-0.2, 0) is 0 Å². The van der Waals surface area contributed by atoms with Crippen molar-refractivity contribution < 1.29 is 10.2 Å². The lowest BCUT2D eigenvalue weighted by molar-refractivity contribution is 0.00143. The predicted octanol–water partition coefficient (Wildman–Crippen LogP) is 3.59. The second-order valence-electron chi connectivity index (χ2n) is 8.42. The highest BCUT2D eigenvalue weighted by molar-refractivity contribution is 5.38. The fraction of sp³-hybridized carbons (Fsp3) is 0.789. The lowest BCUT2D eigenvalue weighted by Crippen LogP contribution is -2.46. The molecular formula is C19H28O2. The highest BCUT2D eigenvalue weighted by Gasteiger charge is 2.55. The minimum absolute atomic E-state index is 0.109. The summed E-state index contributed by atoms with van der Waals surface area (Å²) in [5.41, 5.74) is 3.45. The standard InChI is InChI=1S/C19H28O2/c1-18-9-7-13(20)11-12(18)3-4-14-15-5-6-17(21)19(15,2)10-8-16(14)18/h3-4,13,15-17,20-21H,5-11H2,1-2H3/t13-,15-,16-,17-,18-,19-/m0/s1. The van der Waals surface area contributed by atoms with Crippen molar-refractivity contribution in [1.82, 2.24) is 0 Å². The van der Waals surface area contributed by atoms with Crippen LogP contribution in [0.25, 0.3) is 0 Å². The second kappa shape index (κ2) is 4.45. The van der Waals surface area contributed by atoms with Crippen molar-refractivity contribution in [3.63, 3.8) is 0 Å². The molecule has 116 valence electrons. The maximum Gasteiger partial charge on any atom is 0.0599 e. The van der Waals surface area contributed by atoms with Crippen LogP contribution in [0.15, 0.2) is 23.3 Å². The molecule has 0 saturated heterocycles. The van der Waals surface area contributed by atoms with Gasteiger partial charge in [-0.05, 0) is 62.2 Å². The topological polar surface area (TPSA) is 40.5 Å². The van der Waals surface area contributed by atoms with Gasteiger partial charge in [0.2, 0.25) is 0 Å². The van der Waals surface area contributed by atoms with E-state index < -0.39 is 0 Å². The van der Waals surface area contributed by atoms with Gasteiger partial charge in [0.25, 0.3) is 0 Å². The number of allylic oxidation sites excluding steroid dienone is 3. The number of aliphatic hydroxyl groups excluding tert-OH is 2. The van der Waals surface area contributed by atoms with E-state index in [1.807, 2.05) is 0 Å². The van der Waals surface area contributed by atoms with E-state index in [2.05, 4.69) is 26.0 Å². The molecule has 21 heavy (non-hydrogen) atoms. The average molecular weight is 288 g/mol. The Balaban J connectivity index is 1.74. The maximum absolute atomic E-state index is 10.4. The number of hydrogen-bond acceptors (Lipinski definition) is 2. The predicted molar refractivity (Wildman–Crippen MR) is 83.7 cm³/mol. The minimum Gasteiger partial charge on any atom is -0.393 e. The summed E-state index contributed by atoms with van der Waals surface area (Å²) in [6, 6.07) is 0. The Hall–Kier alpha value is -0.600. The summed E-state index contributed by atoms with van der Waals surface area (Å²) in [6.45, 7) is 4.73. The summed E-state index contributed by atoms with van der Waals surface area (Å²) in [7, 11) is 0. The van der Waals surface area contributed by atoms with Crippen LogP contribution >= 0.6 is 0 Å². The van der Waals surface area contributed by atoms with E-state index in [0.29, 0.717) is 11.8 Å². The van der Waals surface area contributed by atoms with Crippen LogP contribution in [0.1, 0.15) is 58.8 Å². The van der Waals surface area contributed by atoms with Gasteiger partial charge in [0.1, 0.15) is 0 Å². The molecule has 6 atom stereocenters. The molecule has 0 unspecified atom stereocenters. The van der Waals surface area contributed by atoms with Crippen molar-refractivity contribution in [2.75, 3.05) is 0 Å². The zero-order chi connectivity index (χ0) is 14.8. The molecule has 0 amide bonds. The average Bonchev–Trinajstić information content (AvgIpc) is 2.76. The monoisotopic (exact) mass is 288 g/mol. The van der Waals surface area contributed by atoms with Gasteiger partial charge in [-0.25, -0.2) is 0 Å². The molecule has 0 aromatic heterocycles. The smallest absolute Gasteiger partial charge is 0.0599 e. The Kier molecular flexibility index (Phi) is 2.97. The lowest BCUT2D eigenvalue weighted by Gasteiger charge is -2.54. The van der Waals surface area contributed by atoms with E-state index in [-0.39, 0.29) is 23.0 Å². The van der Waals surface area contributed by atoms with Crippen LogP contribution in [0, 0.1) is 22.7 Å². The molecular weight excluding hydrogens is 260 g/mol. The first-order chi connectivity index (χ1) is 9.95. The Labute approximate surface area is 127 Å². The van der Waals surface area contributed by atoms with Crippen LogP contribution in [0.4, 0.5) is 0 Å². The highest BCUT2D eigenvalue weighted by atomic mass is 16.3. The van der Waals surface area contributed by atoms with Gasteiger partial charge in [0.15, 0.2) is 0 Å². The van der Waals surface area contributed by atoms with E-state index in [0.717, 1.165) is 38.5 Å². The van der Waals surface area contributed by atoms with Gasteiger partial charge in [0, 0.05) is 5.41 Å². The Morgan fingerprint density at radius 3 is 2.57 bits per heavy atom. The number of fused-ring (bicyclic) bond motifs is 5. The number of hydrogen-bond donors (Lipinski definition) is 2. The molecule has 0 bridgehead atoms. The molecule has 0 spiro atoms. The largest absolute Gasteiger partial charge is 0.393 e. The molecule has 4 aliphatic rings. The zero-order valence-electron chi connectivity index (χ0n) is 13.3. The van der Waals surface area contributed by atoms with Crippen LogP contribution < -0.4 is 0 Å². The molecule has 4 aliphatic carbocycles. The highest BCUT2D eigenvalue weighted by Crippen LogP contribution is 2.63. The van der Waals surface area contributed by atoms with Gasteiger partial charge in [-0.2, -0.15) is 0 Å². The first kappa shape index (κ1) is 14.0. The molecule has 4 rings (SSSR count). The third-order valence-electron chi connectivity index (χ3n) is 7.49. The SMILES string of the molecule is C[C@]12CC[C@H]3C(=CC=C4C[C@@H](O)CC[C@@]43C)[C@@H]1CC[C@@H]2O. The van der Waals surface area contributed by atoms with Crippen LogP contribution in [0.5, 0.6) is 0 Å². The van der Waals surface area contributed by atoms with Gasteiger partial charge >= 0.3 is 0 Å². The zero-order valence-corrected chi connectivity index (χ0v) is 13.3. The Morgan fingerprint density at radius 1 is 0.952 bits per heavy atom. The summed E-state index contributed by atoms with van der Waals surface area (Å²) in [6.07, 6.45) is 11.8. The minimum atomic E-state index is -0.138. The summed E-state index contributed by atoms with van der Waals surface area (Å²) >= 11 is 0. The van der Waals surface area contributed by atoms with E-state index in [4.69, 9.17) is 0 Å². The maximum atomic E-state index is 10.4. The van der Waals surface area contributed by atoms with Gasteiger partial charge in [0.05, 0.1) is 12.2 Å². The first-order valence-electron chi connectivity index (χ1n) is 8.72. The van der Waals surface area contributed by atoms with Gasteiger partial charge in [-0.3, -0.25) is 0 Å². The van der Waals surface area contributed by atoms with Crippen molar-refractivity contribution in [2.45, 2.75) is 71.0 Å². The summed E-state index contributed by atoms with van der Waals surface area (Å²) in [5, 5.41) is 20.4. The molecule has 2 nitrogen and oxygen atoms in total. The summed E-state index contributed by atoms with van der Waals surface area (Å²) in [4.78, 5) is 0. The molecule has 0 heterocycles. The van der Waals surface area contributed by atoms with Gasteiger partial charge in [-0.15, -0.1) is 0 Å². The second-order valence-corrected chi connectivity index (χ2v) is 8.42. The molecule has 0 aromatic carbocycles. The number of aliphatic hydroxyl groups is 2. The number of rotatable bonds is 0. The normalized spacial score (nSPS) is 52.4. The van der Waals surface area contributed by atoms with E-state index >= 15 is 0 Å². The van der Waals surface area contributed by atoms with Crippen LogP contribution in [-0.4, -0.2) is 22.4 Å². The van der Waals surface area contributed by atoms with E-state index in [1.165, 1.54) is 12.0 Å². The van der Waals surface area contributed by atoms with E-state index in [9.17, 15) is 10.2 Å². The third kappa shape index (κ3) is 1.78. The summed E-state index contributed by atoms with van der Waals surface area (Å²) in [5.74, 6) is 1.22. The fourth-order valence-electron chi connectivity index (χ4n) is 5.96. The van der Waals surface area contributed by atoms with Crippen molar-refractivity contribution >= 4 is 0 Å². The molecule has 2 N–H and O–H groups in total. The first-order valence-corrected chi connectivity index (χ1v) is 8.72. The van der Waals surface area contributed by atoms with Crippen molar-refractivity contribution in [3.05, 3.63) is 23.3 Å².